The molecule has 2 nitrogen and oxygen atoms in total. The van der Waals surface area contributed by atoms with Gasteiger partial charge in [0.2, 0.25) is 0 Å². The predicted octanol–water partition coefficient (Wildman–Crippen LogP) is 3.81. The molecule has 0 radical (unpaired) electrons. The van der Waals surface area contributed by atoms with E-state index in [1.807, 2.05) is 0 Å². The Hall–Kier alpha value is 0.1000. The quantitative estimate of drug-likeness (QED) is 0.855. The first-order valence-electron chi connectivity index (χ1n) is 5.76. The average Bonchev–Trinajstić information content (AvgIpc) is 2.25. The third-order valence-corrected chi connectivity index (χ3v) is 4.21. The van der Waals surface area contributed by atoms with Gasteiger partial charge in [-0.3, -0.25) is 0 Å². The second kappa shape index (κ2) is 6.88. The Morgan fingerprint density at radius 3 is 2.41 bits per heavy atom. The minimum atomic E-state index is 0.347. The first-order valence-corrected chi connectivity index (χ1v) is 7.35. The summed E-state index contributed by atoms with van der Waals surface area (Å²) in [5.41, 5.74) is 1.29. The predicted molar refractivity (Wildman–Crippen MR) is 81.4 cm³/mol. The number of rotatable bonds is 5. The van der Waals surface area contributed by atoms with Crippen molar-refractivity contribution in [2.24, 2.45) is 0 Å². The number of nitrogens with zero attached hydrogens (tertiary/aromatic N) is 1. The Balaban J connectivity index is 2.61. The minimum Gasteiger partial charge on any atom is -0.309 e. The molecule has 0 aliphatic rings. The maximum absolute atomic E-state index is 3.60. The molecule has 2 atom stereocenters. The van der Waals surface area contributed by atoms with Gasteiger partial charge in [-0.15, -0.1) is 0 Å². The summed E-state index contributed by atoms with van der Waals surface area (Å²) in [5.74, 6) is 0. The van der Waals surface area contributed by atoms with Crippen LogP contribution in [0.4, 0.5) is 0 Å². The zero-order valence-electron chi connectivity index (χ0n) is 10.8. The van der Waals surface area contributed by atoms with Crippen molar-refractivity contribution in [3.05, 3.63) is 32.7 Å². The molecule has 1 aromatic rings. The SMILES string of the molecule is CC(NCC(C)N(C)C)c1ccc(Br)cc1Br. The zero-order chi connectivity index (χ0) is 13.0. The molecule has 0 aliphatic carbocycles. The lowest BCUT2D eigenvalue weighted by atomic mass is 10.1. The maximum Gasteiger partial charge on any atom is 0.0303 e. The van der Waals surface area contributed by atoms with Crippen LogP contribution in [0.15, 0.2) is 27.1 Å². The van der Waals surface area contributed by atoms with E-state index in [1.54, 1.807) is 0 Å². The Kier molecular flexibility index (Phi) is 6.13. The monoisotopic (exact) mass is 362 g/mol. The second-order valence-corrected chi connectivity index (χ2v) is 6.38. The van der Waals surface area contributed by atoms with E-state index < -0.39 is 0 Å². The van der Waals surface area contributed by atoms with Crippen LogP contribution in [-0.4, -0.2) is 31.6 Å². The van der Waals surface area contributed by atoms with Crippen molar-refractivity contribution in [2.45, 2.75) is 25.9 Å². The number of benzene rings is 1. The molecule has 0 saturated heterocycles. The summed E-state index contributed by atoms with van der Waals surface area (Å²) in [7, 11) is 4.21. The van der Waals surface area contributed by atoms with Gasteiger partial charge in [0.15, 0.2) is 0 Å². The molecule has 1 rings (SSSR count). The van der Waals surface area contributed by atoms with Gasteiger partial charge >= 0.3 is 0 Å². The van der Waals surface area contributed by atoms with Crippen LogP contribution in [0.5, 0.6) is 0 Å². The second-order valence-electron chi connectivity index (χ2n) is 4.61. The van der Waals surface area contributed by atoms with Crippen molar-refractivity contribution in [2.75, 3.05) is 20.6 Å². The summed E-state index contributed by atoms with van der Waals surface area (Å²) < 4.78 is 2.24. The molecular weight excluding hydrogens is 344 g/mol. The summed E-state index contributed by atoms with van der Waals surface area (Å²) in [4.78, 5) is 2.22. The molecular formula is C13H20Br2N2. The van der Waals surface area contributed by atoms with Crippen molar-refractivity contribution in [1.82, 2.24) is 10.2 Å². The van der Waals surface area contributed by atoms with Crippen LogP contribution in [0.3, 0.4) is 0 Å². The third kappa shape index (κ3) is 4.70. The normalized spacial score (nSPS) is 15.0. The van der Waals surface area contributed by atoms with Crippen molar-refractivity contribution in [1.29, 1.82) is 0 Å². The molecule has 2 unspecified atom stereocenters. The van der Waals surface area contributed by atoms with E-state index in [9.17, 15) is 0 Å². The summed E-state index contributed by atoms with van der Waals surface area (Å²) in [6.07, 6.45) is 0. The highest BCUT2D eigenvalue weighted by molar-refractivity contribution is 9.11. The van der Waals surface area contributed by atoms with Gasteiger partial charge in [0.05, 0.1) is 0 Å². The van der Waals surface area contributed by atoms with E-state index >= 15 is 0 Å². The highest BCUT2D eigenvalue weighted by Crippen LogP contribution is 2.26. The molecule has 0 aromatic heterocycles. The van der Waals surface area contributed by atoms with Gasteiger partial charge in [-0.05, 0) is 45.6 Å². The van der Waals surface area contributed by atoms with Crippen LogP contribution in [0.1, 0.15) is 25.5 Å². The van der Waals surface area contributed by atoms with Gasteiger partial charge in [0.25, 0.3) is 0 Å². The zero-order valence-corrected chi connectivity index (χ0v) is 14.0. The molecule has 96 valence electrons. The highest BCUT2D eigenvalue weighted by Gasteiger charge is 2.11. The van der Waals surface area contributed by atoms with Crippen molar-refractivity contribution >= 4 is 31.9 Å². The largest absolute Gasteiger partial charge is 0.309 e. The molecule has 0 fully saturated rings. The summed E-state index contributed by atoms with van der Waals surface area (Å²) >= 11 is 7.07. The Bertz CT molecular complexity index is 366. The summed E-state index contributed by atoms with van der Waals surface area (Å²) in [6.45, 7) is 5.39. The third-order valence-electron chi connectivity index (χ3n) is 3.03. The van der Waals surface area contributed by atoms with E-state index in [4.69, 9.17) is 0 Å². The van der Waals surface area contributed by atoms with Crippen LogP contribution >= 0.6 is 31.9 Å². The molecule has 0 amide bonds. The molecule has 0 spiro atoms. The van der Waals surface area contributed by atoms with Crippen molar-refractivity contribution in [3.8, 4) is 0 Å². The minimum absolute atomic E-state index is 0.347. The van der Waals surface area contributed by atoms with Gasteiger partial charge in [-0.1, -0.05) is 37.9 Å². The molecule has 0 aliphatic heterocycles. The van der Waals surface area contributed by atoms with Gasteiger partial charge in [-0.2, -0.15) is 0 Å². The van der Waals surface area contributed by atoms with E-state index in [0.29, 0.717) is 12.1 Å². The summed E-state index contributed by atoms with van der Waals surface area (Å²) in [6, 6.07) is 7.19. The van der Waals surface area contributed by atoms with E-state index in [1.165, 1.54) is 5.56 Å². The molecule has 1 N–H and O–H groups in total. The molecule has 4 heteroatoms. The van der Waals surface area contributed by atoms with E-state index in [-0.39, 0.29) is 0 Å². The van der Waals surface area contributed by atoms with E-state index in [0.717, 1.165) is 15.5 Å². The van der Waals surface area contributed by atoms with Crippen LogP contribution in [-0.2, 0) is 0 Å². The number of likely N-dealkylation sites (N-methyl/N-ethyl adjacent to an activating group) is 1. The van der Waals surface area contributed by atoms with Gasteiger partial charge in [-0.25, -0.2) is 0 Å². The highest BCUT2D eigenvalue weighted by atomic mass is 79.9. The molecule has 0 bridgehead atoms. The number of hydrogen-bond donors (Lipinski definition) is 1. The Labute approximate surface area is 121 Å². The van der Waals surface area contributed by atoms with Crippen LogP contribution < -0.4 is 5.32 Å². The Morgan fingerprint density at radius 2 is 1.88 bits per heavy atom. The lowest BCUT2D eigenvalue weighted by molar-refractivity contribution is 0.295. The maximum atomic E-state index is 3.60. The average molecular weight is 364 g/mol. The molecule has 17 heavy (non-hydrogen) atoms. The lowest BCUT2D eigenvalue weighted by Gasteiger charge is -2.23. The number of nitrogens with one attached hydrogen (secondary N) is 1. The molecule has 0 heterocycles. The number of hydrogen-bond acceptors (Lipinski definition) is 2. The molecule has 1 aromatic carbocycles. The van der Waals surface area contributed by atoms with E-state index in [2.05, 4.69) is 88.2 Å². The lowest BCUT2D eigenvalue weighted by Crippen LogP contribution is -2.36. The van der Waals surface area contributed by atoms with Crippen LogP contribution in [0.2, 0.25) is 0 Å². The smallest absolute Gasteiger partial charge is 0.0303 e. The first kappa shape index (κ1) is 15.2. The fraction of sp³-hybridized carbons (Fsp3) is 0.538. The number of halogens is 2. The van der Waals surface area contributed by atoms with Crippen LogP contribution in [0.25, 0.3) is 0 Å². The standard InChI is InChI=1S/C13H20Br2N2/c1-9(17(3)4)8-16-10(2)12-6-5-11(14)7-13(12)15/h5-7,9-10,16H,8H2,1-4H3. The van der Waals surface area contributed by atoms with Crippen molar-refractivity contribution < 1.29 is 0 Å². The van der Waals surface area contributed by atoms with Gasteiger partial charge in [0, 0.05) is 27.6 Å². The van der Waals surface area contributed by atoms with Crippen molar-refractivity contribution in [3.63, 3.8) is 0 Å². The Morgan fingerprint density at radius 1 is 1.24 bits per heavy atom. The fourth-order valence-electron chi connectivity index (χ4n) is 1.49. The van der Waals surface area contributed by atoms with Gasteiger partial charge < -0.3 is 10.2 Å². The summed E-state index contributed by atoms with van der Waals surface area (Å²) in [5, 5.41) is 3.55. The fourth-order valence-corrected chi connectivity index (χ4v) is 2.88. The molecule has 0 saturated carbocycles. The first-order chi connectivity index (χ1) is 7.91. The topological polar surface area (TPSA) is 15.3 Å². The van der Waals surface area contributed by atoms with Crippen LogP contribution in [0, 0.1) is 0 Å². The van der Waals surface area contributed by atoms with Gasteiger partial charge in [0.1, 0.15) is 0 Å².